The molecule has 1 fully saturated rings. The minimum atomic E-state index is -4.09. The quantitative estimate of drug-likeness (QED) is 0.323. The number of nitrogens with zero attached hydrogens (tertiary/aromatic N) is 1. The van der Waals surface area contributed by atoms with Crippen LogP contribution in [0.15, 0.2) is 52.9 Å². The lowest BCUT2D eigenvalue weighted by Gasteiger charge is -2.30. The van der Waals surface area contributed by atoms with Gasteiger partial charge in [0.15, 0.2) is 0 Å². The molecule has 1 saturated carbocycles. The number of ether oxygens (including phenoxy) is 1. The third-order valence-electron chi connectivity index (χ3n) is 6.01. The van der Waals surface area contributed by atoms with Crippen molar-refractivity contribution in [1.82, 2.24) is 4.98 Å². The number of rotatable bonds is 7. The number of carbonyl (C=O) groups is 1. The van der Waals surface area contributed by atoms with Gasteiger partial charge < -0.3 is 14.6 Å². The first-order chi connectivity index (χ1) is 16.2. The molecule has 1 aromatic heterocycles. The second kappa shape index (κ2) is 10.3. The van der Waals surface area contributed by atoms with E-state index in [-0.39, 0.29) is 24.3 Å². The fourth-order valence-corrected chi connectivity index (χ4v) is 5.77. The van der Waals surface area contributed by atoms with Crippen molar-refractivity contribution in [3.8, 4) is 16.3 Å². The van der Waals surface area contributed by atoms with E-state index in [2.05, 4.69) is 9.71 Å². The maximum absolute atomic E-state index is 12.9. The zero-order valence-electron chi connectivity index (χ0n) is 18.3. The number of hydrogen-bond donors (Lipinski definition) is 2. The zero-order valence-corrected chi connectivity index (χ0v) is 19.9. The number of benzene rings is 2. The second-order valence-electron chi connectivity index (χ2n) is 8.12. The first-order valence-electron chi connectivity index (χ1n) is 10.7. The highest BCUT2D eigenvalue weighted by Crippen LogP contribution is 2.43. The second-order valence-corrected chi connectivity index (χ2v) is 10.3. The number of aromatic carboxylic acids is 1. The molecule has 0 aliphatic heterocycles. The molecular formula is C24H23F3N2O3S2. The summed E-state index contributed by atoms with van der Waals surface area (Å²) in [6.45, 7) is 0. The Kier molecular flexibility index (Phi) is 7.37. The summed E-state index contributed by atoms with van der Waals surface area (Å²) in [7, 11) is 1.48. The van der Waals surface area contributed by atoms with Crippen molar-refractivity contribution in [2.75, 3.05) is 11.8 Å². The molecule has 1 heterocycles. The Balaban J connectivity index is 1.37. The van der Waals surface area contributed by atoms with E-state index < -0.39 is 18.1 Å². The predicted molar refractivity (Wildman–Crippen MR) is 128 cm³/mol. The van der Waals surface area contributed by atoms with E-state index in [0.29, 0.717) is 24.3 Å². The molecule has 180 valence electrons. The largest absolute Gasteiger partial charge is 0.495 e. The number of aromatic nitrogens is 1. The topological polar surface area (TPSA) is 71.5 Å². The first kappa shape index (κ1) is 24.4. The van der Waals surface area contributed by atoms with Gasteiger partial charge in [0.25, 0.3) is 0 Å². The summed E-state index contributed by atoms with van der Waals surface area (Å²) in [6, 6.07) is 12.5. The number of halogens is 3. The number of nitrogens with one attached hydrogen (secondary N) is 1. The van der Waals surface area contributed by atoms with Gasteiger partial charge in [-0.05, 0) is 67.3 Å². The maximum Gasteiger partial charge on any atom is 0.391 e. The van der Waals surface area contributed by atoms with Crippen molar-refractivity contribution in [3.63, 3.8) is 0 Å². The average Bonchev–Trinajstić information content (AvgIpc) is 3.31. The van der Waals surface area contributed by atoms with Crippen molar-refractivity contribution in [1.29, 1.82) is 0 Å². The molecule has 2 aromatic carbocycles. The van der Waals surface area contributed by atoms with Gasteiger partial charge in [-0.3, -0.25) is 0 Å². The van der Waals surface area contributed by atoms with Gasteiger partial charge in [0, 0.05) is 5.56 Å². The standard InChI is InChI=1S/C24H23F3N2O3S2/c1-32-20-12-17(23(30)31)8-11-19(20)29-34-21-13-28-22(33-21)16-4-2-14(3-5-16)15-6-9-18(10-7-15)24(25,26)27/h2-5,8,11-13,15,18,29H,6-7,9-10H2,1H3,(H,30,31). The molecule has 0 unspecified atom stereocenters. The van der Waals surface area contributed by atoms with E-state index in [9.17, 15) is 18.0 Å². The van der Waals surface area contributed by atoms with Crippen LogP contribution in [0, 0.1) is 5.92 Å². The van der Waals surface area contributed by atoms with E-state index in [0.717, 1.165) is 20.3 Å². The van der Waals surface area contributed by atoms with Gasteiger partial charge in [-0.2, -0.15) is 13.2 Å². The predicted octanol–water partition coefficient (Wildman–Crippen LogP) is 7.47. The van der Waals surface area contributed by atoms with Crippen LogP contribution in [0.5, 0.6) is 5.75 Å². The molecule has 0 atom stereocenters. The molecule has 0 radical (unpaired) electrons. The molecule has 10 heteroatoms. The highest BCUT2D eigenvalue weighted by atomic mass is 32.2. The number of hydrogen-bond acceptors (Lipinski definition) is 6. The van der Waals surface area contributed by atoms with Gasteiger partial charge in [0.05, 0.1) is 30.5 Å². The summed E-state index contributed by atoms with van der Waals surface area (Å²) in [5.74, 6) is -1.60. The fraction of sp³-hybridized carbons (Fsp3) is 0.333. The van der Waals surface area contributed by atoms with E-state index >= 15 is 0 Å². The zero-order chi connectivity index (χ0) is 24.3. The van der Waals surface area contributed by atoms with Crippen LogP contribution in [0.25, 0.3) is 10.6 Å². The molecule has 5 nitrogen and oxygen atoms in total. The minimum absolute atomic E-state index is 0.143. The summed E-state index contributed by atoms with van der Waals surface area (Å²) >= 11 is 2.85. The molecule has 1 aliphatic carbocycles. The van der Waals surface area contributed by atoms with Crippen molar-refractivity contribution < 1.29 is 27.8 Å². The molecule has 1 aliphatic rings. The lowest BCUT2D eigenvalue weighted by Crippen LogP contribution is -2.27. The molecule has 0 saturated heterocycles. The molecule has 0 amide bonds. The van der Waals surface area contributed by atoms with Crippen molar-refractivity contribution in [3.05, 3.63) is 59.8 Å². The number of thiazole rings is 1. The third kappa shape index (κ3) is 5.67. The van der Waals surface area contributed by atoms with Gasteiger partial charge in [-0.15, -0.1) is 11.3 Å². The number of anilines is 1. The van der Waals surface area contributed by atoms with Crippen LogP contribution in [-0.4, -0.2) is 29.3 Å². The summed E-state index contributed by atoms with van der Waals surface area (Å²) in [6.07, 6.45) is -0.826. The molecule has 34 heavy (non-hydrogen) atoms. The van der Waals surface area contributed by atoms with Crippen LogP contribution in [0.3, 0.4) is 0 Å². The van der Waals surface area contributed by atoms with Gasteiger partial charge in [-0.1, -0.05) is 24.3 Å². The van der Waals surface area contributed by atoms with Crippen LogP contribution in [0.4, 0.5) is 18.9 Å². The molecule has 3 aromatic rings. The van der Waals surface area contributed by atoms with Crippen LogP contribution in [0.1, 0.15) is 47.5 Å². The smallest absolute Gasteiger partial charge is 0.391 e. The minimum Gasteiger partial charge on any atom is -0.495 e. The highest BCUT2D eigenvalue weighted by Gasteiger charge is 2.41. The number of methoxy groups -OCH3 is 1. The van der Waals surface area contributed by atoms with E-state index in [4.69, 9.17) is 9.84 Å². The Hall–Kier alpha value is -2.72. The van der Waals surface area contributed by atoms with Gasteiger partial charge in [0.2, 0.25) is 0 Å². The first-order valence-corrected chi connectivity index (χ1v) is 12.3. The Morgan fingerprint density at radius 3 is 2.47 bits per heavy atom. The fourth-order valence-electron chi connectivity index (χ4n) is 4.11. The van der Waals surface area contributed by atoms with Gasteiger partial charge >= 0.3 is 12.1 Å². The normalized spacial score (nSPS) is 18.5. The Morgan fingerprint density at radius 1 is 1.15 bits per heavy atom. The van der Waals surface area contributed by atoms with E-state index in [1.807, 2.05) is 24.3 Å². The SMILES string of the molecule is COc1cc(C(=O)O)ccc1NSc1cnc(-c2ccc(C3CCC(C(F)(F)F)CC3)cc2)s1. The molecule has 0 spiro atoms. The molecule has 0 bridgehead atoms. The lowest BCUT2D eigenvalue weighted by molar-refractivity contribution is -0.182. The van der Waals surface area contributed by atoms with Crippen molar-refractivity contribution >= 4 is 34.9 Å². The van der Waals surface area contributed by atoms with Crippen LogP contribution in [0.2, 0.25) is 0 Å². The Labute approximate surface area is 203 Å². The Morgan fingerprint density at radius 2 is 1.85 bits per heavy atom. The third-order valence-corrected chi connectivity index (χ3v) is 7.98. The van der Waals surface area contributed by atoms with E-state index in [1.165, 1.54) is 42.5 Å². The number of carboxylic acid groups (broad SMARTS) is 1. The molecular weight excluding hydrogens is 485 g/mol. The number of carboxylic acids is 1. The average molecular weight is 509 g/mol. The molecule has 4 rings (SSSR count). The van der Waals surface area contributed by atoms with Crippen LogP contribution >= 0.6 is 23.3 Å². The van der Waals surface area contributed by atoms with Crippen LogP contribution < -0.4 is 9.46 Å². The summed E-state index contributed by atoms with van der Waals surface area (Å²) in [5.41, 5.74) is 2.82. The summed E-state index contributed by atoms with van der Waals surface area (Å²) in [5, 5.41) is 9.95. The lowest BCUT2D eigenvalue weighted by atomic mass is 9.78. The summed E-state index contributed by atoms with van der Waals surface area (Å²) < 4.78 is 48.1. The number of alkyl halides is 3. The van der Waals surface area contributed by atoms with Crippen molar-refractivity contribution in [2.45, 2.75) is 42.0 Å². The summed E-state index contributed by atoms with van der Waals surface area (Å²) in [4.78, 5) is 15.6. The van der Waals surface area contributed by atoms with Gasteiger partial charge in [0.1, 0.15) is 15.0 Å². The Bertz CT molecular complexity index is 1140. The van der Waals surface area contributed by atoms with Crippen LogP contribution in [-0.2, 0) is 0 Å². The molecule has 2 N–H and O–H groups in total. The maximum atomic E-state index is 12.9. The van der Waals surface area contributed by atoms with E-state index in [1.54, 1.807) is 12.3 Å². The monoisotopic (exact) mass is 508 g/mol. The highest BCUT2D eigenvalue weighted by molar-refractivity contribution is 8.02. The van der Waals surface area contributed by atoms with Crippen molar-refractivity contribution in [2.24, 2.45) is 5.92 Å². The van der Waals surface area contributed by atoms with Gasteiger partial charge in [-0.25, -0.2) is 9.78 Å².